The van der Waals surface area contributed by atoms with E-state index in [-0.39, 0.29) is 12.6 Å². The summed E-state index contributed by atoms with van der Waals surface area (Å²) in [6.07, 6.45) is 2.01. The van der Waals surface area contributed by atoms with Crippen LogP contribution in [0.15, 0.2) is 18.2 Å². The van der Waals surface area contributed by atoms with Crippen molar-refractivity contribution in [2.75, 3.05) is 33.4 Å². The van der Waals surface area contributed by atoms with Crippen molar-refractivity contribution in [2.45, 2.75) is 18.9 Å². The number of rotatable bonds is 5. The third-order valence-electron chi connectivity index (χ3n) is 3.98. The molecule has 1 fully saturated rings. The van der Waals surface area contributed by atoms with Crippen molar-refractivity contribution in [3.63, 3.8) is 0 Å². The molecule has 1 aliphatic heterocycles. The highest BCUT2D eigenvalue weighted by atomic mass is 19.2. The van der Waals surface area contributed by atoms with Gasteiger partial charge in [0.1, 0.15) is 0 Å². The number of nitrogens with two attached hydrogens (primary N) is 1. The van der Waals surface area contributed by atoms with Gasteiger partial charge in [0, 0.05) is 37.9 Å². The second-order valence-electron chi connectivity index (χ2n) is 5.39. The topological polar surface area (TPSA) is 38.5 Å². The van der Waals surface area contributed by atoms with E-state index in [9.17, 15) is 8.78 Å². The molecule has 1 heterocycles. The third-order valence-corrected chi connectivity index (χ3v) is 3.98. The van der Waals surface area contributed by atoms with Crippen LogP contribution in [-0.2, 0) is 4.74 Å². The van der Waals surface area contributed by atoms with Gasteiger partial charge < -0.3 is 10.5 Å². The minimum absolute atomic E-state index is 0.264. The van der Waals surface area contributed by atoms with Gasteiger partial charge in [-0.3, -0.25) is 4.90 Å². The Labute approximate surface area is 118 Å². The zero-order valence-corrected chi connectivity index (χ0v) is 11.8. The van der Waals surface area contributed by atoms with Crippen molar-refractivity contribution in [1.29, 1.82) is 0 Å². The Morgan fingerprint density at radius 1 is 1.35 bits per heavy atom. The van der Waals surface area contributed by atoms with Gasteiger partial charge in [-0.05, 0) is 31.9 Å². The highest BCUT2D eigenvalue weighted by Crippen LogP contribution is 2.25. The number of nitrogens with zero attached hydrogens (tertiary/aromatic N) is 1. The molecule has 20 heavy (non-hydrogen) atoms. The molecule has 2 N–H and O–H groups in total. The lowest BCUT2D eigenvalue weighted by molar-refractivity contribution is 0.0504. The fourth-order valence-corrected chi connectivity index (χ4v) is 2.79. The fraction of sp³-hybridized carbons (Fsp3) is 0.600. The predicted molar refractivity (Wildman–Crippen MR) is 74.3 cm³/mol. The largest absolute Gasteiger partial charge is 0.381 e. The first-order valence-corrected chi connectivity index (χ1v) is 7.05. The molecule has 0 aromatic heterocycles. The number of benzene rings is 1. The van der Waals surface area contributed by atoms with Crippen LogP contribution in [0.3, 0.4) is 0 Å². The number of halogens is 2. The predicted octanol–water partition coefficient (Wildman–Crippen LogP) is 2.32. The van der Waals surface area contributed by atoms with E-state index in [2.05, 4.69) is 0 Å². The van der Waals surface area contributed by atoms with Crippen molar-refractivity contribution >= 4 is 0 Å². The Balaban J connectivity index is 2.08. The molecule has 1 aromatic rings. The minimum atomic E-state index is -0.819. The maximum atomic E-state index is 13.9. The van der Waals surface area contributed by atoms with E-state index >= 15 is 0 Å². The molecule has 2 rings (SSSR count). The molecule has 0 saturated carbocycles. The Morgan fingerprint density at radius 2 is 2.05 bits per heavy atom. The summed E-state index contributed by atoms with van der Waals surface area (Å²) in [7, 11) is 1.91. The van der Waals surface area contributed by atoms with Crippen LogP contribution in [0.4, 0.5) is 8.78 Å². The van der Waals surface area contributed by atoms with Gasteiger partial charge in [0.05, 0.1) is 0 Å². The minimum Gasteiger partial charge on any atom is -0.381 e. The van der Waals surface area contributed by atoms with Crippen LogP contribution >= 0.6 is 0 Å². The van der Waals surface area contributed by atoms with Gasteiger partial charge in [-0.2, -0.15) is 0 Å². The Kier molecular flexibility index (Phi) is 5.46. The van der Waals surface area contributed by atoms with Crippen LogP contribution in [-0.4, -0.2) is 38.3 Å². The molecule has 0 radical (unpaired) electrons. The molecule has 0 bridgehead atoms. The summed E-state index contributed by atoms with van der Waals surface area (Å²) in [5.41, 5.74) is 6.11. The van der Waals surface area contributed by atoms with Crippen molar-refractivity contribution in [1.82, 2.24) is 4.90 Å². The van der Waals surface area contributed by atoms with Crippen molar-refractivity contribution in [2.24, 2.45) is 11.7 Å². The molecule has 1 unspecified atom stereocenters. The Bertz CT molecular complexity index is 436. The highest BCUT2D eigenvalue weighted by molar-refractivity contribution is 5.23. The lowest BCUT2D eigenvalue weighted by Crippen LogP contribution is -2.36. The Hall–Kier alpha value is -1.04. The van der Waals surface area contributed by atoms with Crippen LogP contribution in [0.1, 0.15) is 24.4 Å². The second-order valence-corrected chi connectivity index (χ2v) is 5.39. The number of likely N-dealkylation sites (N-methyl/N-ethyl adjacent to an activating group) is 1. The van der Waals surface area contributed by atoms with Gasteiger partial charge in [0.15, 0.2) is 11.6 Å². The molecular formula is C15H22F2N2O. The molecule has 0 amide bonds. The lowest BCUT2D eigenvalue weighted by Gasteiger charge is -2.32. The summed E-state index contributed by atoms with van der Waals surface area (Å²) in [5, 5.41) is 0. The highest BCUT2D eigenvalue weighted by Gasteiger charge is 2.24. The van der Waals surface area contributed by atoms with Gasteiger partial charge in [-0.1, -0.05) is 12.1 Å². The first kappa shape index (κ1) is 15.4. The summed E-state index contributed by atoms with van der Waals surface area (Å²) in [4.78, 5) is 2.02. The van der Waals surface area contributed by atoms with Gasteiger partial charge in [-0.25, -0.2) is 8.78 Å². The van der Waals surface area contributed by atoms with Crippen LogP contribution in [0.5, 0.6) is 0 Å². The molecule has 3 nitrogen and oxygen atoms in total. The summed E-state index contributed by atoms with van der Waals surface area (Å²) in [5.74, 6) is -1.08. The molecule has 1 aromatic carbocycles. The van der Waals surface area contributed by atoms with E-state index in [1.165, 1.54) is 6.07 Å². The third kappa shape index (κ3) is 3.53. The monoisotopic (exact) mass is 284 g/mol. The average molecular weight is 284 g/mol. The summed E-state index contributed by atoms with van der Waals surface area (Å²) < 4.78 is 32.6. The van der Waals surface area contributed by atoms with Gasteiger partial charge in [-0.15, -0.1) is 0 Å². The zero-order chi connectivity index (χ0) is 14.5. The van der Waals surface area contributed by atoms with E-state index in [1.807, 2.05) is 11.9 Å². The van der Waals surface area contributed by atoms with E-state index in [0.29, 0.717) is 11.5 Å². The van der Waals surface area contributed by atoms with Crippen LogP contribution in [0.25, 0.3) is 0 Å². The van der Waals surface area contributed by atoms with Crippen molar-refractivity contribution in [3.05, 3.63) is 35.4 Å². The van der Waals surface area contributed by atoms with Crippen LogP contribution < -0.4 is 5.73 Å². The van der Waals surface area contributed by atoms with E-state index in [0.717, 1.165) is 38.7 Å². The normalized spacial score (nSPS) is 18.4. The van der Waals surface area contributed by atoms with Crippen LogP contribution in [0.2, 0.25) is 0 Å². The zero-order valence-electron chi connectivity index (χ0n) is 11.8. The summed E-state index contributed by atoms with van der Waals surface area (Å²) in [6, 6.07) is 3.97. The van der Waals surface area contributed by atoms with E-state index in [1.54, 1.807) is 6.07 Å². The fourth-order valence-electron chi connectivity index (χ4n) is 2.79. The number of hydrogen-bond donors (Lipinski definition) is 1. The lowest BCUT2D eigenvalue weighted by atomic mass is 9.97. The van der Waals surface area contributed by atoms with Crippen LogP contribution in [0, 0.1) is 17.6 Å². The molecule has 5 heteroatoms. The maximum absolute atomic E-state index is 13.9. The van der Waals surface area contributed by atoms with E-state index in [4.69, 9.17) is 10.5 Å². The van der Waals surface area contributed by atoms with Gasteiger partial charge in [0.2, 0.25) is 0 Å². The SMILES string of the molecule is CN(CC1CCOCC1)C(CN)c1cccc(F)c1F. The quantitative estimate of drug-likeness (QED) is 0.902. The molecule has 1 atom stereocenters. The molecule has 0 aliphatic carbocycles. The second kappa shape index (κ2) is 7.11. The Morgan fingerprint density at radius 3 is 2.70 bits per heavy atom. The smallest absolute Gasteiger partial charge is 0.163 e. The maximum Gasteiger partial charge on any atom is 0.163 e. The van der Waals surface area contributed by atoms with E-state index < -0.39 is 11.6 Å². The van der Waals surface area contributed by atoms with Crippen molar-refractivity contribution < 1.29 is 13.5 Å². The van der Waals surface area contributed by atoms with Crippen molar-refractivity contribution in [3.8, 4) is 0 Å². The summed E-state index contributed by atoms with van der Waals surface area (Å²) in [6.45, 7) is 2.64. The first-order valence-electron chi connectivity index (χ1n) is 7.05. The molecule has 0 spiro atoms. The first-order chi connectivity index (χ1) is 9.63. The van der Waals surface area contributed by atoms with Gasteiger partial charge in [0.25, 0.3) is 0 Å². The molecule has 1 saturated heterocycles. The average Bonchev–Trinajstić information content (AvgIpc) is 2.45. The standard InChI is InChI=1S/C15H22F2N2O/c1-19(10-11-5-7-20-8-6-11)14(9-18)12-3-2-4-13(16)15(12)17/h2-4,11,14H,5-10,18H2,1H3. The van der Waals surface area contributed by atoms with Gasteiger partial charge >= 0.3 is 0 Å². The molecule has 112 valence electrons. The number of ether oxygens (including phenoxy) is 1. The number of hydrogen-bond acceptors (Lipinski definition) is 3. The molecular weight excluding hydrogens is 262 g/mol. The summed E-state index contributed by atoms with van der Waals surface area (Å²) >= 11 is 0. The molecule has 1 aliphatic rings.